The van der Waals surface area contributed by atoms with Crippen molar-refractivity contribution in [2.45, 2.75) is 13.0 Å². The van der Waals surface area contributed by atoms with Gasteiger partial charge in [-0.1, -0.05) is 23.7 Å². The Bertz CT molecular complexity index is 1240. The lowest BCUT2D eigenvalue weighted by Crippen LogP contribution is -2.47. The molecule has 3 aromatic heterocycles. The lowest BCUT2D eigenvalue weighted by molar-refractivity contribution is 0.188. The average Bonchev–Trinajstić information content (AvgIpc) is 3.29. The minimum atomic E-state index is -0.0221. The largest absolute Gasteiger partial charge is 0.395 e. The number of fused-ring (bicyclic) bond motifs is 2. The summed E-state index contributed by atoms with van der Waals surface area (Å²) in [6.07, 6.45) is 3.53. The molecule has 0 unspecified atom stereocenters. The number of piperazine rings is 1. The maximum absolute atomic E-state index is 9.26. The van der Waals surface area contributed by atoms with Crippen LogP contribution in [0.5, 0.6) is 0 Å². The van der Waals surface area contributed by atoms with E-state index in [9.17, 15) is 5.11 Å². The zero-order valence-electron chi connectivity index (χ0n) is 17.9. The van der Waals surface area contributed by atoms with Crippen molar-refractivity contribution in [2.75, 3.05) is 49.5 Å². The van der Waals surface area contributed by atoms with Gasteiger partial charge in [-0.2, -0.15) is 9.61 Å². The summed E-state index contributed by atoms with van der Waals surface area (Å²) in [5.74, 6) is 1.82. The quantitative estimate of drug-likeness (QED) is 0.465. The highest BCUT2D eigenvalue weighted by molar-refractivity contribution is 6.35. The molecule has 8 nitrogen and oxygen atoms in total. The van der Waals surface area contributed by atoms with Crippen LogP contribution < -0.4 is 10.2 Å². The molecule has 0 saturated carbocycles. The molecule has 4 heterocycles. The van der Waals surface area contributed by atoms with Gasteiger partial charge in [0.05, 0.1) is 29.4 Å². The highest BCUT2D eigenvalue weighted by atomic mass is 35.5. The van der Waals surface area contributed by atoms with Gasteiger partial charge in [0.25, 0.3) is 0 Å². The Morgan fingerprint density at radius 2 is 1.97 bits per heavy atom. The molecule has 1 aliphatic heterocycles. The van der Waals surface area contributed by atoms with Gasteiger partial charge in [-0.05, 0) is 25.1 Å². The van der Waals surface area contributed by atoms with Gasteiger partial charge < -0.3 is 15.3 Å². The molecule has 9 heteroatoms. The summed E-state index contributed by atoms with van der Waals surface area (Å²) >= 11 is 6.50. The molecule has 4 aromatic rings. The van der Waals surface area contributed by atoms with Crippen molar-refractivity contribution in [3.63, 3.8) is 0 Å². The second-order valence-corrected chi connectivity index (χ2v) is 8.47. The number of β-amino-alcohol motifs (C(OH)–C–C–N with tert-alkyl or cyclic N) is 1. The summed E-state index contributed by atoms with van der Waals surface area (Å²) in [6.45, 7) is 6.50. The van der Waals surface area contributed by atoms with Crippen molar-refractivity contribution in [1.82, 2.24) is 24.5 Å². The van der Waals surface area contributed by atoms with Gasteiger partial charge in [-0.25, -0.2) is 9.97 Å². The van der Waals surface area contributed by atoms with E-state index in [1.54, 1.807) is 16.9 Å². The number of hydrogen-bond donors (Lipinski definition) is 2. The van der Waals surface area contributed by atoms with E-state index < -0.39 is 0 Å². The van der Waals surface area contributed by atoms with Gasteiger partial charge in [0.1, 0.15) is 11.6 Å². The van der Waals surface area contributed by atoms with Crippen molar-refractivity contribution in [1.29, 1.82) is 0 Å². The van der Waals surface area contributed by atoms with E-state index in [1.165, 1.54) is 0 Å². The smallest absolute Gasteiger partial charge is 0.157 e. The number of hydrogen-bond acceptors (Lipinski definition) is 7. The second kappa shape index (κ2) is 8.90. The third-order valence-electron chi connectivity index (χ3n) is 6.01. The summed E-state index contributed by atoms with van der Waals surface area (Å²) < 4.78 is 1.80. The van der Waals surface area contributed by atoms with E-state index in [2.05, 4.69) is 38.2 Å². The Kier molecular flexibility index (Phi) is 5.82. The van der Waals surface area contributed by atoms with Gasteiger partial charge in [-0.3, -0.25) is 4.90 Å². The Labute approximate surface area is 191 Å². The van der Waals surface area contributed by atoms with Gasteiger partial charge in [0.2, 0.25) is 0 Å². The van der Waals surface area contributed by atoms with E-state index in [1.807, 2.05) is 30.3 Å². The Morgan fingerprint density at radius 1 is 1.12 bits per heavy atom. The first-order valence-corrected chi connectivity index (χ1v) is 11.2. The molecule has 1 aromatic carbocycles. The molecule has 0 aliphatic carbocycles. The maximum Gasteiger partial charge on any atom is 0.157 e. The summed E-state index contributed by atoms with van der Waals surface area (Å²) in [5.41, 5.74) is 2.72. The van der Waals surface area contributed by atoms with E-state index in [4.69, 9.17) is 16.6 Å². The number of aromatic nitrogens is 4. The monoisotopic (exact) mass is 451 g/mol. The van der Waals surface area contributed by atoms with Crippen LogP contribution in [0, 0.1) is 0 Å². The molecule has 0 spiro atoms. The van der Waals surface area contributed by atoms with Gasteiger partial charge in [0, 0.05) is 55.9 Å². The molecule has 5 rings (SSSR count). The summed E-state index contributed by atoms with van der Waals surface area (Å²) in [7, 11) is 0. The third kappa shape index (κ3) is 3.97. The van der Waals surface area contributed by atoms with Crippen molar-refractivity contribution in [3.8, 4) is 0 Å². The van der Waals surface area contributed by atoms with Crippen LogP contribution in [-0.4, -0.2) is 68.9 Å². The number of aliphatic hydroxyl groups is 1. The molecule has 0 bridgehead atoms. The molecule has 1 aliphatic rings. The molecule has 32 heavy (non-hydrogen) atoms. The van der Waals surface area contributed by atoms with Crippen LogP contribution in [0.1, 0.15) is 18.5 Å². The Balaban J connectivity index is 1.52. The number of benzene rings is 1. The van der Waals surface area contributed by atoms with Crippen molar-refractivity contribution in [2.24, 2.45) is 0 Å². The highest BCUT2D eigenvalue weighted by Gasteiger charge is 2.24. The standard InChI is InChI=1S/C23H26ClN7O/c1-16(27-21-5-7-25-20-6-8-26-31(20)21)18-15-17-3-2-4-19(24)22(17)28-23(18)30-11-9-29(10-12-30)13-14-32/h2-8,15-16,27,32H,9-14H2,1H3/t16-/m0/s1. The Morgan fingerprint density at radius 3 is 2.78 bits per heavy atom. The Hall–Kier alpha value is -2.94. The fraction of sp³-hybridized carbons (Fsp3) is 0.348. The number of halogens is 1. The molecule has 2 N–H and O–H groups in total. The van der Waals surface area contributed by atoms with E-state index in [0.717, 1.165) is 59.9 Å². The van der Waals surface area contributed by atoms with Crippen LogP contribution in [0.2, 0.25) is 5.02 Å². The number of nitrogens with zero attached hydrogens (tertiary/aromatic N) is 6. The van der Waals surface area contributed by atoms with Crippen LogP contribution in [0.3, 0.4) is 0 Å². The second-order valence-electron chi connectivity index (χ2n) is 8.06. The molecule has 0 amide bonds. The first kappa shape index (κ1) is 20.9. The van der Waals surface area contributed by atoms with Crippen molar-refractivity contribution >= 4 is 39.8 Å². The predicted molar refractivity (Wildman–Crippen MR) is 128 cm³/mol. The molecule has 1 saturated heterocycles. The molecular formula is C23H26ClN7O. The van der Waals surface area contributed by atoms with Gasteiger partial charge in [0.15, 0.2) is 5.65 Å². The minimum absolute atomic E-state index is 0.0221. The van der Waals surface area contributed by atoms with Crippen LogP contribution in [0.25, 0.3) is 16.6 Å². The van der Waals surface area contributed by atoms with E-state index in [0.29, 0.717) is 11.6 Å². The topological polar surface area (TPSA) is 81.8 Å². The minimum Gasteiger partial charge on any atom is -0.395 e. The zero-order chi connectivity index (χ0) is 22.1. The van der Waals surface area contributed by atoms with Crippen molar-refractivity contribution in [3.05, 3.63) is 59.4 Å². The average molecular weight is 452 g/mol. The first-order chi connectivity index (χ1) is 15.6. The van der Waals surface area contributed by atoms with Crippen LogP contribution in [0.4, 0.5) is 11.6 Å². The van der Waals surface area contributed by atoms with Crippen molar-refractivity contribution < 1.29 is 5.11 Å². The van der Waals surface area contributed by atoms with Gasteiger partial charge >= 0.3 is 0 Å². The highest BCUT2D eigenvalue weighted by Crippen LogP contribution is 2.33. The van der Waals surface area contributed by atoms with E-state index >= 15 is 0 Å². The summed E-state index contributed by atoms with van der Waals surface area (Å²) in [6, 6.07) is 11.9. The van der Waals surface area contributed by atoms with Gasteiger partial charge in [-0.15, -0.1) is 0 Å². The number of nitrogens with one attached hydrogen (secondary N) is 1. The first-order valence-electron chi connectivity index (χ1n) is 10.9. The normalized spacial score (nSPS) is 16.0. The number of para-hydroxylation sites is 1. The number of aliphatic hydroxyl groups excluding tert-OH is 1. The number of rotatable bonds is 6. The molecule has 166 valence electrons. The number of anilines is 2. The molecular weight excluding hydrogens is 426 g/mol. The van der Waals surface area contributed by atoms with E-state index in [-0.39, 0.29) is 12.6 Å². The summed E-state index contributed by atoms with van der Waals surface area (Å²) in [5, 5.41) is 18.9. The molecule has 0 radical (unpaired) electrons. The van der Waals surface area contributed by atoms with Crippen LogP contribution >= 0.6 is 11.6 Å². The lowest BCUT2D eigenvalue weighted by Gasteiger charge is -2.36. The SMILES string of the molecule is C[C@H](Nc1ccnc2ccnn12)c1cc2cccc(Cl)c2nc1N1CCN(CCO)CC1. The molecule has 1 atom stereocenters. The fourth-order valence-electron chi connectivity index (χ4n) is 4.31. The summed E-state index contributed by atoms with van der Waals surface area (Å²) in [4.78, 5) is 14.0. The van der Waals surface area contributed by atoms with Crippen LogP contribution in [-0.2, 0) is 0 Å². The predicted octanol–water partition coefficient (Wildman–Crippen LogP) is 3.22. The third-order valence-corrected chi connectivity index (χ3v) is 6.32. The lowest BCUT2D eigenvalue weighted by atomic mass is 10.0. The maximum atomic E-state index is 9.26. The number of pyridine rings is 1. The zero-order valence-corrected chi connectivity index (χ0v) is 18.7. The van der Waals surface area contributed by atoms with Crippen LogP contribution in [0.15, 0.2) is 48.8 Å². The molecule has 1 fully saturated rings. The fourth-order valence-corrected chi connectivity index (χ4v) is 4.53.